The van der Waals surface area contributed by atoms with E-state index in [1.807, 2.05) is 0 Å². The zero-order valence-electron chi connectivity index (χ0n) is 11.9. The maximum absolute atomic E-state index is 14.2. The van der Waals surface area contributed by atoms with E-state index in [4.69, 9.17) is 0 Å². The maximum Gasteiger partial charge on any atom is 0.332 e. The smallest absolute Gasteiger partial charge is 0.304 e. The predicted octanol–water partition coefficient (Wildman–Crippen LogP) is 1.77. The summed E-state index contributed by atoms with van der Waals surface area (Å²) in [7, 11) is 1.56. The van der Waals surface area contributed by atoms with Crippen molar-refractivity contribution in [1.29, 1.82) is 0 Å². The molecule has 2 heterocycles. The molecular weight excluding hydrogens is 273 g/mol. The minimum absolute atomic E-state index is 0.121. The zero-order valence-corrected chi connectivity index (χ0v) is 11.9. The summed E-state index contributed by atoms with van der Waals surface area (Å²) in [5, 5.41) is 0. The first-order valence-corrected chi connectivity index (χ1v) is 6.48. The molecule has 0 saturated carbocycles. The molecule has 3 aromatic rings. The van der Waals surface area contributed by atoms with Crippen molar-refractivity contribution in [3.63, 3.8) is 0 Å². The summed E-state index contributed by atoms with van der Waals surface area (Å²) >= 11 is 0. The van der Waals surface area contributed by atoms with Gasteiger partial charge in [-0.25, -0.2) is 13.8 Å². The second-order valence-corrected chi connectivity index (χ2v) is 5.15. The molecule has 1 N–H and O–H groups in total. The van der Waals surface area contributed by atoms with Gasteiger partial charge in [-0.1, -0.05) is 6.07 Å². The lowest BCUT2D eigenvalue weighted by molar-refractivity contribution is 0.615. The standard InChI is InChI=1S/C15H14FN3O2/c1-8-4-5-12(10(16)6-8)19-13-11(17-15(19)21)7-9(2)14(20)18(13)3/h4-7H,1-3H3,(H,17,21). The van der Waals surface area contributed by atoms with Crippen LogP contribution in [0.25, 0.3) is 16.9 Å². The fourth-order valence-electron chi connectivity index (χ4n) is 2.53. The molecule has 0 saturated heterocycles. The lowest BCUT2D eigenvalue weighted by Crippen LogP contribution is -2.23. The number of rotatable bonds is 1. The molecule has 6 heteroatoms. The monoisotopic (exact) mass is 287 g/mol. The summed E-state index contributed by atoms with van der Waals surface area (Å²) in [5.41, 5.74) is 1.54. The number of fused-ring (bicyclic) bond motifs is 1. The van der Waals surface area contributed by atoms with Crippen molar-refractivity contribution in [3.8, 4) is 5.69 Å². The Morgan fingerprint density at radius 2 is 1.86 bits per heavy atom. The quantitative estimate of drug-likeness (QED) is 0.741. The highest BCUT2D eigenvalue weighted by Gasteiger charge is 2.16. The van der Waals surface area contributed by atoms with Crippen molar-refractivity contribution >= 4 is 11.2 Å². The van der Waals surface area contributed by atoms with Gasteiger partial charge in [-0.15, -0.1) is 0 Å². The van der Waals surface area contributed by atoms with E-state index in [2.05, 4.69) is 4.98 Å². The molecule has 0 radical (unpaired) electrons. The third-order valence-electron chi connectivity index (χ3n) is 3.56. The van der Waals surface area contributed by atoms with E-state index in [-0.39, 0.29) is 11.2 Å². The zero-order chi connectivity index (χ0) is 15.3. The topological polar surface area (TPSA) is 59.8 Å². The van der Waals surface area contributed by atoms with E-state index >= 15 is 0 Å². The molecule has 2 aromatic heterocycles. The van der Waals surface area contributed by atoms with Crippen LogP contribution in [0.3, 0.4) is 0 Å². The van der Waals surface area contributed by atoms with E-state index in [9.17, 15) is 14.0 Å². The number of benzene rings is 1. The van der Waals surface area contributed by atoms with Crippen molar-refractivity contribution in [2.75, 3.05) is 0 Å². The van der Waals surface area contributed by atoms with Gasteiger partial charge < -0.3 is 4.98 Å². The van der Waals surface area contributed by atoms with Gasteiger partial charge in [0.25, 0.3) is 5.56 Å². The number of aromatic nitrogens is 3. The van der Waals surface area contributed by atoms with E-state index in [1.54, 1.807) is 33.0 Å². The number of aromatic amines is 1. The molecular formula is C15H14FN3O2. The van der Waals surface area contributed by atoms with Crippen LogP contribution < -0.4 is 11.2 Å². The molecule has 21 heavy (non-hydrogen) atoms. The van der Waals surface area contributed by atoms with Gasteiger partial charge in [-0.3, -0.25) is 9.36 Å². The normalized spacial score (nSPS) is 11.2. The number of hydrogen-bond acceptors (Lipinski definition) is 2. The average molecular weight is 287 g/mol. The van der Waals surface area contributed by atoms with Gasteiger partial charge in [-0.2, -0.15) is 0 Å². The van der Waals surface area contributed by atoms with E-state index in [0.717, 1.165) is 5.56 Å². The predicted molar refractivity (Wildman–Crippen MR) is 78.6 cm³/mol. The molecule has 0 unspecified atom stereocenters. The number of H-pyrrole nitrogens is 1. The van der Waals surface area contributed by atoms with Gasteiger partial charge in [-0.05, 0) is 37.6 Å². The fourth-order valence-corrected chi connectivity index (χ4v) is 2.53. The van der Waals surface area contributed by atoms with Crippen LogP contribution in [0.2, 0.25) is 0 Å². The molecule has 0 aliphatic rings. The molecule has 0 spiro atoms. The Kier molecular flexibility index (Phi) is 2.83. The Hall–Kier alpha value is -2.63. The van der Waals surface area contributed by atoms with Crippen LogP contribution in [0.4, 0.5) is 4.39 Å². The molecule has 5 nitrogen and oxygen atoms in total. The summed E-state index contributed by atoms with van der Waals surface area (Å²) < 4.78 is 16.7. The van der Waals surface area contributed by atoms with Crippen LogP contribution in [0.1, 0.15) is 11.1 Å². The van der Waals surface area contributed by atoms with Gasteiger partial charge >= 0.3 is 5.69 Å². The summed E-state index contributed by atoms with van der Waals surface area (Å²) in [6.45, 7) is 3.44. The Morgan fingerprint density at radius 3 is 2.52 bits per heavy atom. The number of hydrogen-bond donors (Lipinski definition) is 1. The van der Waals surface area contributed by atoms with E-state index in [1.165, 1.54) is 21.3 Å². The highest BCUT2D eigenvalue weighted by atomic mass is 19.1. The van der Waals surface area contributed by atoms with Gasteiger partial charge in [0.05, 0.1) is 11.2 Å². The van der Waals surface area contributed by atoms with E-state index < -0.39 is 11.5 Å². The molecule has 0 atom stereocenters. The summed E-state index contributed by atoms with van der Waals surface area (Å²) in [4.78, 5) is 26.9. The van der Waals surface area contributed by atoms with Gasteiger partial charge in [0, 0.05) is 12.6 Å². The fraction of sp³-hybridized carbons (Fsp3) is 0.200. The highest BCUT2D eigenvalue weighted by molar-refractivity contribution is 5.74. The van der Waals surface area contributed by atoms with Crippen LogP contribution in [-0.4, -0.2) is 14.1 Å². The highest BCUT2D eigenvalue weighted by Crippen LogP contribution is 2.18. The van der Waals surface area contributed by atoms with Crippen molar-refractivity contribution in [2.24, 2.45) is 7.05 Å². The number of nitrogens with zero attached hydrogens (tertiary/aromatic N) is 2. The summed E-state index contributed by atoms with van der Waals surface area (Å²) in [6.07, 6.45) is 0. The minimum atomic E-state index is -0.508. The third-order valence-corrected chi connectivity index (χ3v) is 3.56. The Labute approximate surface area is 119 Å². The largest absolute Gasteiger partial charge is 0.332 e. The van der Waals surface area contributed by atoms with E-state index in [0.29, 0.717) is 16.7 Å². The first kappa shape index (κ1) is 13.4. The number of pyridine rings is 1. The van der Waals surface area contributed by atoms with Crippen molar-refractivity contribution < 1.29 is 4.39 Å². The number of nitrogens with one attached hydrogen (secondary N) is 1. The Bertz CT molecular complexity index is 979. The Morgan fingerprint density at radius 1 is 1.14 bits per heavy atom. The maximum atomic E-state index is 14.2. The second kappa shape index (κ2) is 4.44. The van der Waals surface area contributed by atoms with Crippen LogP contribution in [0.5, 0.6) is 0 Å². The van der Waals surface area contributed by atoms with Crippen LogP contribution in [0, 0.1) is 19.7 Å². The lowest BCUT2D eigenvalue weighted by atomic mass is 10.2. The van der Waals surface area contributed by atoms with Gasteiger partial charge in [0.15, 0.2) is 0 Å². The average Bonchev–Trinajstić information content (AvgIpc) is 2.73. The number of imidazole rings is 1. The lowest BCUT2D eigenvalue weighted by Gasteiger charge is -2.09. The van der Waals surface area contributed by atoms with Crippen LogP contribution >= 0.6 is 0 Å². The summed E-state index contributed by atoms with van der Waals surface area (Å²) in [5.74, 6) is -0.508. The molecule has 0 aliphatic heterocycles. The molecule has 0 amide bonds. The van der Waals surface area contributed by atoms with Crippen molar-refractivity contribution in [3.05, 3.63) is 62.0 Å². The minimum Gasteiger partial charge on any atom is -0.304 e. The molecule has 108 valence electrons. The SMILES string of the molecule is Cc1ccc(-n2c(=O)[nH]c3cc(C)c(=O)n(C)c32)c(F)c1. The molecule has 0 aliphatic carbocycles. The third kappa shape index (κ3) is 1.91. The van der Waals surface area contributed by atoms with Crippen molar-refractivity contribution in [2.45, 2.75) is 13.8 Å². The Balaban J connectivity index is 2.48. The number of aryl methyl sites for hydroxylation is 3. The second-order valence-electron chi connectivity index (χ2n) is 5.15. The molecule has 0 fully saturated rings. The van der Waals surface area contributed by atoms with Crippen LogP contribution in [-0.2, 0) is 7.05 Å². The van der Waals surface area contributed by atoms with Crippen LogP contribution in [0.15, 0.2) is 33.9 Å². The molecule has 1 aromatic carbocycles. The van der Waals surface area contributed by atoms with Gasteiger partial charge in [0.2, 0.25) is 0 Å². The van der Waals surface area contributed by atoms with Crippen molar-refractivity contribution in [1.82, 2.24) is 14.1 Å². The molecule has 3 rings (SSSR count). The first-order chi connectivity index (χ1) is 9.90. The number of halogens is 1. The first-order valence-electron chi connectivity index (χ1n) is 6.48. The molecule has 0 bridgehead atoms. The van der Waals surface area contributed by atoms with Gasteiger partial charge in [0.1, 0.15) is 11.5 Å². The summed E-state index contributed by atoms with van der Waals surface area (Å²) in [6, 6.07) is 6.20.